The van der Waals surface area contributed by atoms with Crippen LogP contribution in [0.4, 0.5) is 0 Å². The van der Waals surface area contributed by atoms with Crippen molar-refractivity contribution in [1.82, 2.24) is 5.32 Å². The number of nitrogens with one attached hydrogen (secondary N) is 1. The molecule has 0 bridgehead atoms. The third-order valence-electron chi connectivity index (χ3n) is 12.3. The first-order valence-electron chi connectivity index (χ1n) is 25.9. The standard InChI is InChI=1S/C52H103NO3/c1-3-5-7-9-11-12-13-14-15-16-17-18-19-20-21-22-23-24-25-26-27-28-29-30-31-32-33-34-35-36-37-38-39-40-41-42-44-46-48-52(56)53-50(49-54)51(55)47-45-43-10-8-6-4-2/h45,47,50-51,54-55H,3-44,46,48-49H2,1-2H3,(H,53,56)/b47-45+. The molecule has 4 nitrogen and oxygen atoms in total. The summed E-state index contributed by atoms with van der Waals surface area (Å²) >= 11 is 0. The van der Waals surface area contributed by atoms with Crippen molar-refractivity contribution in [1.29, 1.82) is 0 Å². The molecule has 0 radical (unpaired) electrons. The zero-order valence-corrected chi connectivity index (χ0v) is 38.4. The van der Waals surface area contributed by atoms with Gasteiger partial charge in [-0.25, -0.2) is 0 Å². The smallest absolute Gasteiger partial charge is 0.220 e. The SMILES string of the molecule is CCCCCC/C=C/C(O)C(CO)NC(=O)CCCCCCCCCCCCCCCCCCCCCCCCCCCCCCCCCCCCCCCC. The molecule has 0 aromatic heterocycles. The van der Waals surface area contributed by atoms with E-state index in [2.05, 4.69) is 19.2 Å². The summed E-state index contributed by atoms with van der Waals surface area (Å²) in [5.74, 6) is -0.0640. The van der Waals surface area contributed by atoms with E-state index in [1.807, 2.05) is 6.08 Å². The van der Waals surface area contributed by atoms with Crippen LogP contribution in [0.15, 0.2) is 12.2 Å². The van der Waals surface area contributed by atoms with E-state index in [1.165, 1.54) is 250 Å². The van der Waals surface area contributed by atoms with Crippen molar-refractivity contribution in [3.63, 3.8) is 0 Å². The van der Waals surface area contributed by atoms with Crippen molar-refractivity contribution >= 4 is 5.91 Å². The molecule has 4 heteroatoms. The molecule has 0 saturated heterocycles. The Labute approximate surface area is 352 Å². The number of hydrogen-bond donors (Lipinski definition) is 3. The highest BCUT2D eigenvalue weighted by Crippen LogP contribution is 2.18. The van der Waals surface area contributed by atoms with E-state index in [4.69, 9.17) is 0 Å². The fourth-order valence-corrected chi connectivity index (χ4v) is 8.30. The van der Waals surface area contributed by atoms with Crippen molar-refractivity contribution in [3.05, 3.63) is 12.2 Å². The maximum atomic E-state index is 12.3. The molecule has 0 aromatic rings. The number of hydrogen-bond acceptors (Lipinski definition) is 3. The zero-order chi connectivity index (χ0) is 40.7. The van der Waals surface area contributed by atoms with E-state index in [0.29, 0.717) is 6.42 Å². The summed E-state index contributed by atoms with van der Waals surface area (Å²) in [4.78, 5) is 12.3. The molecule has 0 rings (SSSR count). The molecule has 0 heterocycles. The largest absolute Gasteiger partial charge is 0.394 e. The van der Waals surface area contributed by atoms with Gasteiger partial charge in [-0.05, 0) is 19.3 Å². The average Bonchev–Trinajstić information content (AvgIpc) is 3.20. The first-order valence-corrected chi connectivity index (χ1v) is 25.9. The van der Waals surface area contributed by atoms with Gasteiger partial charge in [0.2, 0.25) is 5.91 Å². The third-order valence-corrected chi connectivity index (χ3v) is 12.3. The van der Waals surface area contributed by atoms with Gasteiger partial charge in [-0.3, -0.25) is 4.79 Å². The second kappa shape index (κ2) is 48.5. The minimum Gasteiger partial charge on any atom is -0.394 e. The Kier molecular flexibility index (Phi) is 47.7. The van der Waals surface area contributed by atoms with Crippen LogP contribution in [0.25, 0.3) is 0 Å². The van der Waals surface area contributed by atoms with Crippen LogP contribution in [-0.4, -0.2) is 34.9 Å². The summed E-state index contributed by atoms with van der Waals surface area (Å²) in [7, 11) is 0. The highest BCUT2D eigenvalue weighted by Gasteiger charge is 2.18. The molecular formula is C52H103NO3. The van der Waals surface area contributed by atoms with Crippen LogP contribution in [0.5, 0.6) is 0 Å². The van der Waals surface area contributed by atoms with Gasteiger partial charge in [-0.15, -0.1) is 0 Å². The molecular weight excluding hydrogens is 687 g/mol. The lowest BCUT2D eigenvalue weighted by Gasteiger charge is -2.20. The molecule has 0 aliphatic rings. The summed E-state index contributed by atoms with van der Waals surface area (Å²) < 4.78 is 0. The molecule has 0 aliphatic carbocycles. The number of rotatable bonds is 48. The van der Waals surface area contributed by atoms with Crippen molar-refractivity contribution < 1.29 is 15.0 Å². The summed E-state index contributed by atoms with van der Waals surface area (Å²) in [6.45, 7) is 4.26. The van der Waals surface area contributed by atoms with Crippen molar-refractivity contribution in [3.8, 4) is 0 Å². The van der Waals surface area contributed by atoms with E-state index >= 15 is 0 Å². The number of aliphatic hydroxyl groups excluding tert-OH is 2. The van der Waals surface area contributed by atoms with Crippen LogP contribution in [0.1, 0.15) is 296 Å². The van der Waals surface area contributed by atoms with E-state index < -0.39 is 12.1 Å². The van der Waals surface area contributed by atoms with Gasteiger partial charge in [0, 0.05) is 6.42 Å². The Morgan fingerprint density at radius 2 is 0.661 bits per heavy atom. The van der Waals surface area contributed by atoms with E-state index in [9.17, 15) is 15.0 Å². The molecule has 1 amide bonds. The number of unbranched alkanes of at least 4 members (excludes halogenated alkanes) is 41. The Morgan fingerprint density at radius 1 is 0.411 bits per heavy atom. The molecule has 0 aromatic carbocycles. The Hall–Kier alpha value is -0.870. The van der Waals surface area contributed by atoms with Crippen molar-refractivity contribution in [2.24, 2.45) is 0 Å². The lowest BCUT2D eigenvalue weighted by Crippen LogP contribution is -2.45. The second-order valence-corrected chi connectivity index (χ2v) is 18.0. The average molecular weight is 790 g/mol. The minimum atomic E-state index is -0.831. The molecule has 0 spiro atoms. The molecule has 2 atom stereocenters. The van der Waals surface area contributed by atoms with Gasteiger partial charge < -0.3 is 15.5 Å². The van der Waals surface area contributed by atoms with Gasteiger partial charge >= 0.3 is 0 Å². The molecule has 56 heavy (non-hydrogen) atoms. The molecule has 0 saturated carbocycles. The summed E-state index contributed by atoms with van der Waals surface area (Å²) in [5.41, 5.74) is 0. The summed E-state index contributed by atoms with van der Waals surface area (Å²) in [6, 6.07) is -0.614. The zero-order valence-electron chi connectivity index (χ0n) is 38.4. The van der Waals surface area contributed by atoms with E-state index in [1.54, 1.807) is 6.08 Å². The fourth-order valence-electron chi connectivity index (χ4n) is 8.30. The predicted molar refractivity (Wildman–Crippen MR) is 249 cm³/mol. The number of carbonyl (C=O) groups is 1. The third kappa shape index (κ3) is 44.2. The number of amides is 1. The lowest BCUT2D eigenvalue weighted by molar-refractivity contribution is -0.123. The lowest BCUT2D eigenvalue weighted by atomic mass is 10.0. The van der Waals surface area contributed by atoms with E-state index in [0.717, 1.165) is 25.7 Å². The Balaban J connectivity index is 3.26. The topological polar surface area (TPSA) is 69.6 Å². The number of allylic oxidation sites excluding steroid dienone is 1. The molecule has 0 fully saturated rings. The quantitative estimate of drug-likeness (QED) is 0.0425. The minimum absolute atomic E-state index is 0.0640. The van der Waals surface area contributed by atoms with Crippen LogP contribution in [0, 0.1) is 0 Å². The number of carbonyl (C=O) groups excluding carboxylic acids is 1. The second-order valence-electron chi connectivity index (χ2n) is 18.0. The van der Waals surface area contributed by atoms with Gasteiger partial charge in [0.25, 0.3) is 0 Å². The summed E-state index contributed by atoms with van der Waals surface area (Å²) in [6.07, 6.45) is 62.7. The van der Waals surface area contributed by atoms with Crippen LogP contribution in [0.2, 0.25) is 0 Å². The van der Waals surface area contributed by atoms with Gasteiger partial charge in [-0.2, -0.15) is 0 Å². The summed E-state index contributed by atoms with van der Waals surface area (Å²) in [5, 5.41) is 22.7. The Morgan fingerprint density at radius 3 is 0.929 bits per heavy atom. The van der Waals surface area contributed by atoms with Gasteiger partial charge in [0.1, 0.15) is 0 Å². The van der Waals surface area contributed by atoms with Crippen LogP contribution >= 0.6 is 0 Å². The van der Waals surface area contributed by atoms with Gasteiger partial charge in [-0.1, -0.05) is 283 Å². The Bertz CT molecular complexity index is 769. The molecule has 334 valence electrons. The highest BCUT2D eigenvalue weighted by molar-refractivity contribution is 5.76. The van der Waals surface area contributed by atoms with Gasteiger partial charge in [0.05, 0.1) is 18.8 Å². The normalized spacial score (nSPS) is 12.9. The first-order chi connectivity index (χ1) is 27.7. The maximum absolute atomic E-state index is 12.3. The molecule has 2 unspecified atom stereocenters. The fraction of sp³-hybridized carbons (Fsp3) is 0.942. The van der Waals surface area contributed by atoms with Crippen LogP contribution in [-0.2, 0) is 4.79 Å². The maximum Gasteiger partial charge on any atom is 0.220 e. The monoisotopic (exact) mass is 790 g/mol. The van der Waals surface area contributed by atoms with Crippen molar-refractivity contribution in [2.75, 3.05) is 6.61 Å². The van der Waals surface area contributed by atoms with Gasteiger partial charge in [0.15, 0.2) is 0 Å². The van der Waals surface area contributed by atoms with Crippen LogP contribution in [0.3, 0.4) is 0 Å². The van der Waals surface area contributed by atoms with E-state index in [-0.39, 0.29) is 12.5 Å². The molecule has 0 aliphatic heterocycles. The molecule has 3 N–H and O–H groups in total. The first kappa shape index (κ1) is 55.1. The van der Waals surface area contributed by atoms with Crippen LogP contribution < -0.4 is 5.32 Å². The van der Waals surface area contributed by atoms with Crippen molar-refractivity contribution in [2.45, 2.75) is 309 Å². The number of aliphatic hydroxyl groups is 2. The predicted octanol–water partition coefficient (Wildman–Crippen LogP) is 16.6. The highest BCUT2D eigenvalue weighted by atomic mass is 16.3.